The molecule has 0 fully saturated rings. The summed E-state index contributed by atoms with van der Waals surface area (Å²) in [6, 6.07) is -0.305. The number of hydrogen-bond acceptors (Lipinski definition) is 6. The number of hydrogen-bond donors (Lipinski definition) is 3. The number of rotatable bonds is 4. The quantitative estimate of drug-likeness (QED) is 0.763. The van der Waals surface area contributed by atoms with Gasteiger partial charge in [0.2, 0.25) is 5.91 Å². The van der Waals surface area contributed by atoms with E-state index in [1.807, 2.05) is 0 Å². The minimum atomic E-state index is -0.336. The predicted molar refractivity (Wildman–Crippen MR) is 68.7 cm³/mol. The third-order valence-electron chi connectivity index (χ3n) is 2.21. The first-order valence-corrected chi connectivity index (χ1v) is 6.33. The van der Waals surface area contributed by atoms with Crippen molar-refractivity contribution in [3.63, 3.8) is 0 Å². The third-order valence-corrected chi connectivity index (χ3v) is 2.97. The molecule has 1 unspecified atom stereocenters. The minimum absolute atomic E-state index is 0.226. The van der Waals surface area contributed by atoms with E-state index in [0.29, 0.717) is 11.0 Å². The Hall–Kier alpha value is -2.29. The van der Waals surface area contributed by atoms with Gasteiger partial charge in [-0.25, -0.2) is 9.97 Å². The second-order valence-electron chi connectivity index (χ2n) is 3.78. The molecule has 0 saturated carbocycles. The molecule has 0 aliphatic rings. The Balaban J connectivity index is 2.00. The molecule has 0 saturated heterocycles. The van der Waals surface area contributed by atoms with Gasteiger partial charge in [-0.2, -0.15) is 5.10 Å². The maximum atomic E-state index is 11.9. The third kappa shape index (κ3) is 3.35. The van der Waals surface area contributed by atoms with Crippen molar-refractivity contribution >= 4 is 28.3 Å². The van der Waals surface area contributed by atoms with Crippen LogP contribution in [0.1, 0.15) is 36.2 Å². The molecule has 2 aromatic heterocycles. The zero-order valence-electron chi connectivity index (χ0n) is 10.3. The van der Waals surface area contributed by atoms with Crippen molar-refractivity contribution in [2.24, 2.45) is 0 Å². The van der Waals surface area contributed by atoms with Gasteiger partial charge >= 0.3 is 0 Å². The molecule has 0 aromatic carbocycles. The Morgan fingerprint density at radius 3 is 2.89 bits per heavy atom. The van der Waals surface area contributed by atoms with Crippen LogP contribution in [0.5, 0.6) is 0 Å². The summed E-state index contributed by atoms with van der Waals surface area (Å²) in [5, 5.41) is 13.6. The molecule has 3 N–H and O–H groups in total. The van der Waals surface area contributed by atoms with E-state index in [-0.39, 0.29) is 23.6 Å². The number of thiazole rings is 1. The molecule has 8 nitrogen and oxygen atoms in total. The highest BCUT2D eigenvalue weighted by molar-refractivity contribution is 7.14. The van der Waals surface area contributed by atoms with Gasteiger partial charge in [0.25, 0.3) is 5.91 Å². The fraction of sp³-hybridized carbons (Fsp3) is 0.300. The Kier molecular flexibility index (Phi) is 3.85. The summed E-state index contributed by atoms with van der Waals surface area (Å²) in [5.41, 5.74) is 0.250. The molecule has 0 aliphatic heterocycles. The van der Waals surface area contributed by atoms with Gasteiger partial charge in [0, 0.05) is 12.3 Å². The molecule has 1 atom stereocenters. The van der Waals surface area contributed by atoms with Crippen molar-refractivity contribution in [2.75, 3.05) is 5.32 Å². The fourth-order valence-electron chi connectivity index (χ4n) is 1.35. The van der Waals surface area contributed by atoms with Gasteiger partial charge in [-0.05, 0) is 6.92 Å². The summed E-state index contributed by atoms with van der Waals surface area (Å²) >= 11 is 1.19. The second-order valence-corrected chi connectivity index (χ2v) is 4.64. The average molecular weight is 280 g/mol. The minimum Gasteiger partial charge on any atom is -0.341 e. The van der Waals surface area contributed by atoms with Gasteiger partial charge < -0.3 is 10.6 Å². The first kappa shape index (κ1) is 13.1. The lowest BCUT2D eigenvalue weighted by Gasteiger charge is -2.09. The van der Waals surface area contributed by atoms with Crippen LogP contribution in [0.3, 0.4) is 0 Å². The van der Waals surface area contributed by atoms with Crippen molar-refractivity contribution in [1.82, 2.24) is 25.5 Å². The summed E-state index contributed by atoms with van der Waals surface area (Å²) in [5.74, 6) is -0.00116. The van der Waals surface area contributed by atoms with Gasteiger partial charge in [0.15, 0.2) is 5.13 Å². The zero-order valence-corrected chi connectivity index (χ0v) is 11.1. The van der Waals surface area contributed by atoms with E-state index in [0.717, 1.165) is 0 Å². The molecule has 2 heterocycles. The first-order chi connectivity index (χ1) is 9.06. The Morgan fingerprint density at radius 2 is 2.26 bits per heavy atom. The van der Waals surface area contributed by atoms with E-state index in [9.17, 15) is 9.59 Å². The number of aromatic nitrogens is 4. The second kappa shape index (κ2) is 5.57. The Morgan fingerprint density at radius 1 is 1.47 bits per heavy atom. The van der Waals surface area contributed by atoms with Crippen LogP contribution in [-0.4, -0.2) is 32.0 Å². The number of anilines is 1. The van der Waals surface area contributed by atoms with Crippen LogP contribution >= 0.6 is 11.3 Å². The SMILES string of the molecule is CC(=O)Nc1nc(C(=O)NC(C)c2ncn[nH]2)cs1. The molecule has 2 rings (SSSR count). The summed E-state index contributed by atoms with van der Waals surface area (Å²) in [4.78, 5) is 30.7. The van der Waals surface area contributed by atoms with E-state index >= 15 is 0 Å². The van der Waals surface area contributed by atoms with Gasteiger partial charge in [0.1, 0.15) is 17.8 Å². The summed E-state index contributed by atoms with van der Waals surface area (Å²) in [6.45, 7) is 3.16. The van der Waals surface area contributed by atoms with E-state index in [4.69, 9.17) is 0 Å². The standard InChI is InChI=1S/C10H12N6O2S/c1-5(8-11-4-12-16-8)13-9(18)7-3-19-10(15-7)14-6(2)17/h3-5H,1-2H3,(H,13,18)(H,11,12,16)(H,14,15,17). The molecule has 9 heteroatoms. The maximum Gasteiger partial charge on any atom is 0.271 e. The number of carbonyl (C=O) groups is 2. The summed E-state index contributed by atoms with van der Waals surface area (Å²) in [6.07, 6.45) is 1.37. The number of carbonyl (C=O) groups excluding carboxylic acids is 2. The molecule has 19 heavy (non-hydrogen) atoms. The summed E-state index contributed by atoms with van der Waals surface area (Å²) < 4.78 is 0. The molecule has 0 bridgehead atoms. The number of nitrogens with zero attached hydrogens (tertiary/aromatic N) is 3. The topological polar surface area (TPSA) is 113 Å². The molecule has 0 spiro atoms. The van der Waals surface area contributed by atoms with E-state index in [1.165, 1.54) is 24.6 Å². The number of H-pyrrole nitrogens is 1. The van der Waals surface area contributed by atoms with Gasteiger partial charge in [0.05, 0.1) is 6.04 Å². The van der Waals surface area contributed by atoms with Crippen molar-refractivity contribution in [2.45, 2.75) is 19.9 Å². The zero-order chi connectivity index (χ0) is 13.8. The molecule has 0 aliphatic carbocycles. The lowest BCUT2D eigenvalue weighted by molar-refractivity contribution is -0.114. The lowest BCUT2D eigenvalue weighted by Crippen LogP contribution is -2.27. The highest BCUT2D eigenvalue weighted by Gasteiger charge is 2.16. The van der Waals surface area contributed by atoms with Crippen LogP contribution in [0.2, 0.25) is 0 Å². The van der Waals surface area contributed by atoms with Gasteiger partial charge in [-0.1, -0.05) is 0 Å². The molecule has 0 radical (unpaired) electrons. The molecule has 2 amide bonds. The van der Waals surface area contributed by atoms with Crippen LogP contribution in [0.25, 0.3) is 0 Å². The molecule has 100 valence electrons. The van der Waals surface area contributed by atoms with Crippen LogP contribution in [-0.2, 0) is 4.79 Å². The van der Waals surface area contributed by atoms with Gasteiger partial charge in [-0.15, -0.1) is 11.3 Å². The first-order valence-electron chi connectivity index (χ1n) is 5.45. The van der Waals surface area contributed by atoms with E-state index in [1.54, 1.807) is 12.3 Å². The molecule has 2 aromatic rings. The lowest BCUT2D eigenvalue weighted by atomic mass is 10.3. The smallest absolute Gasteiger partial charge is 0.271 e. The van der Waals surface area contributed by atoms with Crippen molar-refractivity contribution < 1.29 is 9.59 Å². The predicted octanol–water partition coefficient (Wildman–Crippen LogP) is 0.711. The highest BCUT2D eigenvalue weighted by atomic mass is 32.1. The van der Waals surface area contributed by atoms with Crippen LogP contribution in [0.4, 0.5) is 5.13 Å². The highest BCUT2D eigenvalue weighted by Crippen LogP contribution is 2.16. The summed E-state index contributed by atoms with van der Waals surface area (Å²) in [7, 11) is 0. The average Bonchev–Trinajstić information content (AvgIpc) is 2.97. The van der Waals surface area contributed by atoms with Crippen LogP contribution < -0.4 is 10.6 Å². The molecular formula is C10H12N6O2S. The Bertz CT molecular complexity index is 579. The monoisotopic (exact) mass is 280 g/mol. The number of amides is 2. The van der Waals surface area contributed by atoms with Crippen molar-refractivity contribution in [1.29, 1.82) is 0 Å². The number of aromatic amines is 1. The van der Waals surface area contributed by atoms with Crippen molar-refractivity contribution in [3.8, 4) is 0 Å². The maximum absolute atomic E-state index is 11.9. The normalized spacial score (nSPS) is 11.9. The van der Waals surface area contributed by atoms with Crippen LogP contribution in [0.15, 0.2) is 11.7 Å². The van der Waals surface area contributed by atoms with Crippen molar-refractivity contribution in [3.05, 3.63) is 23.2 Å². The largest absolute Gasteiger partial charge is 0.341 e. The Labute approximate surface area is 112 Å². The fourth-order valence-corrected chi connectivity index (χ4v) is 2.09. The van der Waals surface area contributed by atoms with Crippen LogP contribution in [0, 0.1) is 0 Å². The van der Waals surface area contributed by atoms with E-state index < -0.39 is 0 Å². The van der Waals surface area contributed by atoms with E-state index in [2.05, 4.69) is 30.8 Å². The number of nitrogens with one attached hydrogen (secondary N) is 3. The van der Waals surface area contributed by atoms with Gasteiger partial charge in [-0.3, -0.25) is 14.7 Å². The molecular weight excluding hydrogens is 268 g/mol.